The van der Waals surface area contributed by atoms with Gasteiger partial charge in [0.15, 0.2) is 0 Å². The molecule has 0 aromatic heterocycles. The maximum Gasteiger partial charge on any atom is 0.410 e. The van der Waals surface area contributed by atoms with Crippen LogP contribution in [0.1, 0.15) is 24.8 Å². The molecule has 114 valence electrons. The lowest BCUT2D eigenvalue weighted by molar-refractivity contribution is 0.000548. The second-order valence-electron chi connectivity index (χ2n) is 5.63. The van der Waals surface area contributed by atoms with Gasteiger partial charge in [0.1, 0.15) is 6.61 Å². The van der Waals surface area contributed by atoms with Gasteiger partial charge in [-0.2, -0.15) is 0 Å². The number of halogens is 1. The molecule has 2 fully saturated rings. The molecule has 0 spiro atoms. The van der Waals surface area contributed by atoms with E-state index < -0.39 is 0 Å². The first-order valence-electron chi connectivity index (χ1n) is 7.46. The number of carbonyl (C=O) groups is 1. The van der Waals surface area contributed by atoms with E-state index in [2.05, 4.69) is 15.9 Å². The number of benzene rings is 1. The van der Waals surface area contributed by atoms with Crippen molar-refractivity contribution in [1.82, 2.24) is 4.90 Å². The molecule has 5 heteroatoms. The van der Waals surface area contributed by atoms with Crippen molar-refractivity contribution in [3.8, 4) is 0 Å². The topological polar surface area (TPSA) is 38.8 Å². The molecule has 0 radical (unpaired) electrons. The van der Waals surface area contributed by atoms with Crippen LogP contribution in [0.25, 0.3) is 0 Å². The SMILES string of the molecule is O=C(OCc1ccccc1)N1CCC[C@@H]2O[C@@H](CBr)C[C@@H]21. The third-order valence-electron chi connectivity index (χ3n) is 4.20. The number of carbonyl (C=O) groups excluding carboxylic acids is 1. The van der Waals surface area contributed by atoms with Gasteiger partial charge in [0.25, 0.3) is 0 Å². The Bertz CT molecular complexity index is 482. The van der Waals surface area contributed by atoms with Gasteiger partial charge in [-0.05, 0) is 24.8 Å². The Labute approximate surface area is 133 Å². The molecule has 0 aliphatic carbocycles. The summed E-state index contributed by atoms with van der Waals surface area (Å²) in [4.78, 5) is 14.2. The molecule has 0 bridgehead atoms. The monoisotopic (exact) mass is 353 g/mol. The summed E-state index contributed by atoms with van der Waals surface area (Å²) in [5.41, 5.74) is 1.01. The van der Waals surface area contributed by atoms with Crippen LogP contribution < -0.4 is 0 Å². The van der Waals surface area contributed by atoms with Crippen molar-refractivity contribution in [2.75, 3.05) is 11.9 Å². The highest BCUT2D eigenvalue weighted by molar-refractivity contribution is 9.09. The lowest BCUT2D eigenvalue weighted by atomic mass is 9.98. The summed E-state index contributed by atoms with van der Waals surface area (Å²) in [5, 5.41) is 0.826. The summed E-state index contributed by atoms with van der Waals surface area (Å²) in [5.74, 6) is 0. The van der Waals surface area contributed by atoms with Crippen LogP contribution in [0, 0.1) is 0 Å². The van der Waals surface area contributed by atoms with Crippen LogP contribution in [0.4, 0.5) is 4.79 Å². The average molecular weight is 354 g/mol. The summed E-state index contributed by atoms with van der Waals surface area (Å²) in [7, 11) is 0. The van der Waals surface area contributed by atoms with Gasteiger partial charge in [-0.15, -0.1) is 0 Å². The number of likely N-dealkylation sites (tertiary alicyclic amines) is 1. The number of piperidine rings is 1. The maximum absolute atomic E-state index is 12.3. The molecule has 1 aromatic carbocycles. The maximum atomic E-state index is 12.3. The smallest absolute Gasteiger partial charge is 0.410 e. The number of amides is 1. The summed E-state index contributed by atoms with van der Waals surface area (Å²) in [6.45, 7) is 1.10. The fourth-order valence-corrected chi connectivity index (χ4v) is 3.58. The number of hydrogen-bond acceptors (Lipinski definition) is 3. The van der Waals surface area contributed by atoms with Crippen molar-refractivity contribution < 1.29 is 14.3 Å². The van der Waals surface area contributed by atoms with Crippen molar-refractivity contribution in [2.24, 2.45) is 0 Å². The lowest BCUT2D eigenvalue weighted by Crippen LogP contribution is -2.48. The van der Waals surface area contributed by atoms with Crippen molar-refractivity contribution in [3.05, 3.63) is 35.9 Å². The Hall–Kier alpha value is -1.07. The molecule has 0 saturated carbocycles. The second-order valence-corrected chi connectivity index (χ2v) is 6.28. The zero-order valence-electron chi connectivity index (χ0n) is 11.9. The highest BCUT2D eigenvalue weighted by atomic mass is 79.9. The molecule has 0 N–H and O–H groups in total. The Balaban J connectivity index is 1.59. The minimum atomic E-state index is -0.215. The van der Waals surface area contributed by atoms with Crippen molar-refractivity contribution in [3.63, 3.8) is 0 Å². The van der Waals surface area contributed by atoms with E-state index in [0.29, 0.717) is 6.61 Å². The third-order valence-corrected chi connectivity index (χ3v) is 4.92. The van der Waals surface area contributed by atoms with Gasteiger partial charge in [0.05, 0.1) is 18.2 Å². The summed E-state index contributed by atoms with van der Waals surface area (Å²) in [6.07, 6.45) is 3.09. The Morgan fingerprint density at radius 2 is 2.19 bits per heavy atom. The van der Waals surface area contributed by atoms with Crippen LogP contribution in [0.15, 0.2) is 30.3 Å². The lowest BCUT2D eigenvalue weighted by Gasteiger charge is -2.35. The predicted molar refractivity (Wildman–Crippen MR) is 83.4 cm³/mol. The van der Waals surface area contributed by atoms with Gasteiger partial charge in [-0.25, -0.2) is 4.79 Å². The first kappa shape index (κ1) is 14.9. The van der Waals surface area contributed by atoms with E-state index in [1.807, 2.05) is 35.2 Å². The Kier molecular flexibility index (Phi) is 4.80. The average Bonchev–Trinajstić information content (AvgIpc) is 2.96. The molecule has 1 amide bonds. The third kappa shape index (κ3) is 3.40. The first-order chi connectivity index (χ1) is 10.3. The standard InChI is InChI=1S/C16H20BrNO3/c17-10-13-9-14-15(21-13)7-4-8-18(14)16(19)20-11-12-5-2-1-3-6-12/h1-3,5-6,13-15H,4,7-11H2/t13-,14+,15+/m1/s1. The minimum absolute atomic E-state index is 0.171. The van der Waals surface area contributed by atoms with Gasteiger partial charge in [0.2, 0.25) is 0 Å². The van der Waals surface area contributed by atoms with E-state index in [1.54, 1.807) is 0 Å². The highest BCUT2D eigenvalue weighted by Crippen LogP contribution is 2.33. The molecule has 2 aliphatic rings. The number of alkyl halides is 1. The van der Waals surface area contributed by atoms with Crippen molar-refractivity contribution in [1.29, 1.82) is 0 Å². The van der Waals surface area contributed by atoms with Gasteiger partial charge in [-0.1, -0.05) is 46.3 Å². The zero-order chi connectivity index (χ0) is 14.7. The zero-order valence-corrected chi connectivity index (χ0v) is 13.5. The largest absolute Gasteiger partial charge is 0.445 e. The number of ether oxygens (including phenoxy) is 2. The molecule has 21 heavy (non-hydrogen) atoms. The molecule has 2 aliphatic heterocycles. The number of hydrogen-bond donors (Lipinski definition) is 0. The molecule has 1 aromatic rings. The van der Waals surface area contributed by atoms with Crippen LogP contribution in [0.3, 0.4) is 0 Å². The normalized spacial score (nSPS) is 28.2. The molecule has 2 saturated heterocycles. The van der Waals surface area contributed by atoms with Crippen LogP contribution in [-0.2, 0) is 16.1 Å². The van der Waals surface area contributed by atoms with Crippen molar-refractivity contribution in [2.45, 2.75) is 44.1 Å². The van der Waals surface area contributed by atoms with E-state index in [-0.39, 0.29) is 24.3 Å². The van der Waals surface area contributed by atoms with E-state index in [4.69, 9.17) is 9.47 Å². The van der Waals surface area contributed by atoms with Crippen molar-refractivity contribution >= 4 is 22.0 Å². The number of fused-ring (bicyclic) bond motifs is 1. The number of rotatable bonds is 3. The van der Waals surface area contributed by atoms with Crippen LogP contribution in [-0.4, -0.2) is 41.1 Å². The highest BCUT2D eigenvalue weighted by Gasteiger charge is 2.42. The van der Waals surface area contributed by atoms with Crippen LogP contribution >= 0.6 is 15.9 Å². The van der Waals surface area contributed by atoms with Gasteiger partial charge >= 0.3 is 6.09 Å². The van der Waals surface area contributed by atoms with E-state index in [1.165, 1.54) is 0 Å². The van der Waals surface area contributed by atoms with E-state index in [0.717, 1.165) is 36.7 Å². The fourth-order valence-electron chi connectivity index (χ4n) is 3.16. The Morgan fingerprint density at radius 3 is 2.95 bits per heavy atom. The molecular formula is C16H20BrNO3. The fraction of sp³-hybridized carbons (Fsp3) is 0.562. The van der Waals surface area contributed by atoms with Gasteiger partial charge in [-0.3, -0.25) is 0 Å². The molecule has 3 atom stereocenters. The summed E-state index contributed by atoms with van der Waals surface area (Å²) >= 11 is 3.47. The second kappa shape index (κ2) is 6.79. The molecule has 0 unspecified atom stereocenters. The van der Waals surface area contributed by atoms with Gasteiger partial charge < -0.3 is 14.4 Å². The minimum Gasteiger partial charge on any atom is -0.445 e. The molecular weight excluding hydrogens is 334 g/mol. The summed E-state index contributed by atoms with van der Waals surface area (Å²) in [6, 6.07) is 9.95. The Morgan fingerprint density at radius 1 is 1.38 bits per heavy atom. The number of nitrogens with zero attached hydrogens (tertiary/aromatic N) is 1. The van der Waals surface area contributed by atoms with Crippen LogP contribution in [0.5, 0.6) is 0 Å². The predicted octanol–water partition coefficient (Wildman–Crippen LogP) is 3.34. The summed E-state index contributed by atoms with van der Waals surface area (Å²) < 4.78 is 11.4. The quantitative estimate of drug-likeness (QED) is 0.782. The molecule has 2 heterocycles. The van der Waals surface area contributed by atoms with Gasteiger partial charge in [0, 0.05) is 11.9 Å². The van der Waals surface area contributed by atoms with E-state index in [9.17, 15) is 4.79 Å². The van der Waals surface area contributed by atoms with Crippen LogP contribution in [0.2, 0.25) is 0 Å². The molecule has 4 nitrogen and oxygen atoms in total. The molecule has 3 rings (SSSR count). The van der Waals surface area contributed by atoms with E-state index >= 15 is 0 Å². The first-order valence-corrected chi connectivity index (χ1v) is 8.59.